The Labute approximate surface area is 205 Å². The highest BCUT2D eigenvalue weighted by atomic mass is 16.5. The molecule has 34 heavy (non-hydrogen) atoms. The van der Waals surface area contributed by atoms with Crippen molar-refractivity contribution in [2.75, 3.05) is 6.61 Å². The zero-order valence-electron chi connectivity index (χ0n) is 20.9. The van der Waals surface area contributed by atoms with Gasteiger partial charge in [0.05, 0.1) is 6.61 Å². The summed E-state index contributed by atoms with van der Waals surface area (Å²) in [5.74, 6) is 0.660. The van der Waals surface area contributed by atoms with E-state index >= 15 is 0 Å². The number of carbonyl (C=O) groups is 1. The molecule has 0 spiro atoms. The van der Waals surface area contributed by atoms with Gasteiger partial charge in [-0.05, 0) is 53.3 Å². The Morgan fingerprint density at radius 2 is 1.26 bits per heavy atom. The van der Waals surface area contributed by atoms with Crippen LogP contribution < -0.4 is 4.74 Å². The second kappa shape index (κ2) is 13.6. The molecule has 3 rings (SSSR count). The first-order valence-corrected chi connectivity index (χ1v) is 12.7. The van der Waals surface area contributed by atoms with E-state index in [0.29, 0.717) is 0 Å². The average Bonchev–Trinajstić information content (AvgIpc) is 2.86. The van der Waals surface area contributed by atoms with Gasteiger partial charge in [0, 0.05) is 6.92 Å². The molecule has 1 atom stereocenters. The molecule has 1 unspecified atom stereocenters. The predicted octanol–water partition coefficient (Wildman–Crippen LogP) is 8.77. The summed E-state index contributed by atoms with van der Waals surface area (Å²) in [4.78, 5) is 11.2. The van der Waals surface area contributed by atoms with Gasteiger partial charge in [0.2, 0.25) is 0 Å². The fraction of sp³-hybridized carbons (Fsp3) is 0.387. The van der Waals surface area contributed by atoms with Crippen LogP contribution in [0.1, 0.15) is 77.4 Å². The molecule has 0 heterocycles. The lowest BCUT2D eigenvalue weighted by Gasteiger charge is -2.14. The smallest absolute Gasteiger partial charge is 0.303 e. The first-order chi connectivity index (χ1) is 16.6. The number of rotatable bonds is 13. The van der Waals surface area contributed by atoms with Gasteiger partial charge in [0.1, 0.15) is 11.9 Å². The van der Waals surface area contributed by atoms with Crippen molar-refractivity contribution >= 4 is 5.97 Å². The minimum atomic E-state index is -0.267. The van der Waals surface area contributed by atoms with Gasteiger partial charge in [-0.1, -0.05) is 106 Å². The van der Waals surface area contributed by atoms with E-state index < -0.39 is 0 Å². The Balaban J connectivity index is 1.60. The highest BCUT2D eigenvalue weighted by Crippen LogP contribution is 2.33. The monoisotopic (exact) mass is 458 g/mol. The molecule has 3 nitrogen and oxygen atoms in total. The summed E-state index contributed by atoms with van der Waals surface area (Å²) >= 11 is 0. The van der Waals surface area contributed by atoms with Gasteiger partial charge in [0.25, 0.3) is 0 Å². The summed E-state index contributed by atoms with van der Waals surface area (Å²) in [5.41, 5.74) is 5.64. The van der Waals surface area contributed by atoms with Crippen LogP contribution in [-0.4, -0.2) is 12.6 Å². The first kappa shape index (κ1) is 25.6. The number of esters is 1. The second-order valence-electron chi connectivity index (χ2n) is 8.91. The van der Waals surface area contributed by atoms with Gasteiger partial charge in [-0.2, -0.15) is 0 Å². The quantitative estimate of drug-likeness (QED) is 0.190. The number of carbonyl (C=O) groups excluding carboxylic acids is 1. The standard InChI is InChI=1S/C31H38O3/c1-4-5-6-7-8-9-12-23-33-29-21-19-28(20-22-29)31-14-11-10-13-30(31)27-17-15-26(16-18-27)24(2)34-25(3)32/h10-11,13-22,24H,4-9,12,23H2,1-3H3. The molecule has 0 amide bonds. The predicted molar refractivity (Wildman–Crippen MR) is 141 cm³/mol. The Morgan fingerprint density at radius 3 is 1.82 bits per heavy atom. The van der Waals surface area contributed by atoms with Crippen molar-refractivity contribution in [1.82, 2.24) is 0 Å². The lowest BCUT2D eigenvalue weighted by atomic mass is 9.94. The second-order valence-corrected chi connectivity index (χ2v) is 8.91. The van der Waals surface area contributed by atoms with Gasteiger partial charge in [-0.15, -0.1) is 0 Å². The van der Waals surface area contributed by atoms with Crippen molar-refractivity contribution in [1.29, 1.82) is 0 Å². The number of hydrogen-bond acceptors (Lipinski definition) is 3. The Bertz CT molecular complexity index is 1010. The number of unbranched alkanes of at least 4 members (excludes halogenated alkanes) is 6. The molecule has 3 aromatic rings. The van der Waals surface area contributed by atoms with E-state index in [9.17, 15) is 4.79 Å². The molecule has 0 fully saturated rings. The highest BCUT2D eigenvalue weighted by Gasteiger charge is 2.11. The molecule has 0 aromatic heterocycles. The molecule has 3 heteroatoms. The minimum absolute atomic E-state index is 0.254. The molecular formula is C31H38O3. The van der Waals surface area contributed by atoms with E-state index in [0.717, 1.165) is 35.5 Å². The highest BCUT2D eigenvalue weighted by molar-refractivity contribution is 5.83. The number of ether oxygens (including phenoxy) is 2. The minimum Gasteiger partial charge on any atom is -0.494 e. The van der Waals surface area contributed by atoms with Crippen molar-refractivity contribution in [2.24, 2.45) is 0 Å². The topological polar surface area (TPSA) is 35.5 Å². The van der Waals surface area contributed by atoms with Gasteiger partial charge < -0.3 is 9.47 Å². The fourth-order valence-electron chi connectivity index (χ4n) is 4.22. The zero-order chi connectivity index (χ0) is 24.2. The summed E-state index contributed by atoms with van der Waals surface area (Å²) in [6.45, 7) is 6.36. The van der Waals surface area contributed by atoms with Crippen LogP contribution in [0.25, 0.3) is 22.3 Å². The van der Waals surface area contributed by atoms with E-state index in [1.165, 1.54) is 56.6 Å². The Hall–Kier alpha value is -3.07. The van der Waals surface area contributed by atoms with E-state index in [4.69, 9.17) is 9.47 Å². The number of hydrogen-bond donors (Lipinski definition) is 0. The van der Waals surface area contributed by atoms with Gasteiger partial charge in [-0.3, -0.25) is 4.79 Å². The van der Waals surface area contributed by atoms with Gasteiger partial charge >= 0.3 is 5.97 Å². The van der Waals surface area contributed by atoms with Gasteiger partial charge in [-0.25, -0.2) is 0 Å². The third-order valence-electron chi connectivity index (χ3n) is 6.14. The van der Waals surface area contributed by atoms with E-state index in [-0.39, 0.29) is 12.1 Å². The fourth-order valence-corrected chi connectivity index (χ4v) is 4.22. The van der Waals surface area contributed by atoms with E-state index in [1.807, 2.05) is 19.1 Å². The molecule has 0 bridgehead atoms. The molecular weight excluding hydrogens is 420 g/mol. The Kier molecular flexibility index (Phi) is 10.2. The molecule has 0 saturated heterocycles. The maximum atomic E-state index is 11.2. The van der Waals surface area contributed by atoms with Crippen molar-refractivity contribution in [3.63, 3.8) is 0 Å². The van der Waals surface area contributed by atoms with E-state index in [2.05, 4.69) is 67.6 Å². The molecule has 0 saturated carbocycles. The van der Waals surface area contributed by atoms with Crippen molar-refractivity contribution in [3.8, 4) is 28.0 Å². The first-order valence-electron chi connectivity index (χ1n) is 12.7. The van der Waals surface area contributed by atoms with Crippen LogP contribution in [0.15, 0.2) is 72.8 Å². The summed E-state index contributed by atoms with van der Waals surface area (Å²) < 4.78 is 11.3. The molecule has 0 aliphatic carbocycles. The third-order valence-corrected chi connectivity index (χ3v) is 6.14. The molecule has 0 N–H and O–H groups in total. The molecule has 0 aliphatic heterocycles. The maximum absolute atomic E-state index is 11.2. The maximum Gasteiger partial charge on any atom is 0.303 e. The van der Waals surface area contributed by atoms with Crippen LogP contribution in [0.4, 0.5) is 0 Å². The normalized spacial score (nSPS) is 11.7. The summed E-state index contributed by atoms with van der Waals surface area (Å²) in [5, 5.41) is 0. The average molecular weight is 459 g/mol. The zero-order valence-corrected chi connectivity index (χ0v) is 20.9. The van der Waals surface area contributed by atoms with Crippen LogP contribution in [0.5, 0.6) is 5.75 Å². The third kappa shape index (κ3) is 7.76. The molecule has 180 valence electrons. The summed E-state index contributed by atoms with van der Waals surface area (Å²) in [6.07, 6.45) is 8.77. The molecule has 0 radical (unpaired) electrons. The summed E-state index contributed by atoms with van der Waals surface area (Å²) in [6, 6.07) is 25.1. The van der Waals surface area contributed by atoms with Crippen molar-refractivity contribution in [2.45, 2.75) is 71.8 Å². The van der Waals surface area contributed by atoms with Crippen LogP contribution in [0, 0.1) is 0 Å². The number of benzene rings is 3. The van der Waals surface area contributed by atoms with Crippen LogP contribution in [0.2, 0.25) is 0 Å². The Morgan fingerprint density at radius 1 is 0.735 bits per heavy atom. The van der Waals surface area contributed by atoms with Crippen LogP contribution >= 0.6 is 0 Å². The van der Waals surface area contributed by atoms with E-state index in [1.54, 1.807) is 0 Å². The van der Waals surface area contributed by atoms with Crippen molar-refractivity contribution < 1.29 is 14.3 Å². The van der Waals surface area contributed by atoms with Crippen LogP contribution in [-0.2, 0) is 9.53 Å². The van der Waals surface area contributed by atoms with Gasteiger partial charge in [0.15, 0.2) is 0 Å². The molecule has 3 aromatic carbocycles. The largest absolute Gasteiger partial charge is 0.494 e. The lowest BCUT2D eigenvalue weighted by Crippen LogP contribution is -2.04. The van der Waals surface area contributed by atoms with Crippen molar-refractivity contribution in [3.05, 3.63) is 78.4 Å². The lowest BCUT2D eigenvalue weighted by molar-refractivity contribution is -0.145. The SMILES string of the molecule is CCCCCCCCCOc1ccc(-c2ccccc2-c2ccc(C(C)OC(C)=O)cc2)cc1. The molecule has 0 aliphatic rings. The van der Waals surface area contributed by atoms with Crippen LogP contribution in [0.3, 0.4) is 0 Å². The summed E-state index contributed by atoms with van der Waals surface area (Å²) in [7, 11) is 0.